The van der Waals surface area contributed by atoms with Gasteiger partial charge >= 0.3 is 0 Å². The molecule has 2 heterocycles. The molecule has 0 fully saturated rings. The lowest BCUT2D eigenvalue weighted by atomic mass is 9.86. The van der Waals surface area contributed by atoms with E-state index < -0.39 is 21.5 Å². The van der Waals surface area contributed by atoms with Gasteiger partial charge in [-0.25, -0.2) is 13.1 Å². The van der Waals surface area contributed by atoms with Crippen molar-refractivity contribution in [2.75, 3.05) is 26.1 Å². The minimum Gasteiger partial charge on any atom is -0.493 e. The number of hydrogen-bond acceptors (Lipinski definition) is 6. The second kappa shape index (κ2) is 8.08. The number of fused-ring (bicyclic) bond motifs is 2. The minimum atomic E-state index is -3.61. The van der Waals surface area contributed by atoms with E-state index in [1.807, 2.05) is 0 Å². The van der Waals surface area contributed by atoms with Crippen LogP contribution in [0.1, 0.15) is 12.0 Å². The maximum Gasteiger partial charge on any atom is 0.261 e. The SMILES string of the molecule is CNS(=O)(=O)c1ccc2c(NC(=O)C3(OC)CCOc4ccc(Cl)cc43)cncc2c1. The number of sulfonamides is 1. The molecule has 2 N–H and O–H groups in total. The van der Waals surface area contributed by atoms with Crippen LogP contribution >= 0.6 is 11.6 Å². The third-order valence-corrected chi connectivity index (χ3v) is 7.01. The number of hydrogen-bond donors (Lipinski definition) is 2. The maximum atomic E-state index is 13.4. The number of carbonyl (C=O) groups excluding carboxylic acids is 1. The van der Waals surface area contributed by atoms with Crippen molar-refractivity contribution in [3.63, 3.8) is 0 Å². The summed E-state index contributed by atoms with van der Waals surface area (Å²) in [5.74, 6) is 0.133. The molecule has 0 aliphatic carbocycles. The molecular formula is C21H20ClN3O5S. The van der Waals surface area contributed by atoms with Crippen molar-refractivity contribution in [2.24, 2.45) is 0 Å². The van der Waals surface area contributed by atoms with Gasteiger partial charge in [0.15, 0.2) is 5.60 Å². The Morgan fingerprint density at radius 3 is 2.77 bits per heavy atom. The maximum absolute atomic E-state index is 13.4. The zero-order valence-corrected chi connectivity index (χ0v) is 18.4. The van der Waals surface area contributed by atoms with E-state index in [4.69, 9.17) is 21.1 Å². The molecule has 8 nitrogen and oxygen atoms in total. The summed E-state index contributed by atoms with van der Waals surface area (Å²) in [5, 5.41) is 4.56. The highest BCUT2D eigenvalue weighted by molar-refractivity contribution is 7.89. The van der Waals surface area contributed by atoms with Crippen LogP contribution in [-0.4, -0.2) is 40.1 Å². The molecule has 2 aromatic carbocycles. The van der Waals surface area contributed by atoms with Gasteiger partial charge < -0.3 is 14.8 Å². The molecule has 0 bridgehead atoms. The first-order chi connectivity index (χ1) is 14.8. The van der Waals surface area contributed by atoms with Crippen LogP contribution in [0, 0.1) is 0 Å². The average Bonchev–Trinajstić information content (AvgIpc) is 2.78. The first kappa shape index (κ1) is 21.5. The van der Waals surface area contributed by atoms with Crippen molar-refractivity contribution in [2.45, 2.75) is 16.9 Å². The van der Waals surface area contributed by atoms with Crippen molar-refractivity contribution in [1.82, 2.24) is 9.71 Å². The minimum absolute atomic E-state index is 0.106. The van der Waals surface area contributed by atoms with Gasteiger partial charge in [-0.15, -0.1) is 0 Å². The van der Waals surface area contributed by atoms with Crippen molar-refractivity contribution in [3.8, 4) is 5.75 Å². The number of nitrogens with zero attached hydrogens (tertiary/aromatic N) is 1. The van der Waals surface area contributed by atoms with Crippen LogP contribution < -0.4 is 14.8 Å². The molecule has 3 aromatic rings. The van der Waals surface area contributed by atoms with Crippen LogP contribution in [0.2, 0.25) is 5.02 Å². The predicted molar refractivity (Wildman–Crippen MR) is 117 cm³/mol. The van der Waals surface area contributed by atoms with Crippen LogP contribution in [0.15, 0.2) is 53.7 Å². The van der Waals surface area contributed by atoms with Gasteiger partial charge in [0.05, 0.1) is 23.4 Å². The van der Waals surface area contributed by atoms with Crippen LogP contribution in [0.5, 0.6) is 5.75 Å². The van der Waals surface area contributed by atoms with Crippen molar-refractivity contribution in [3.05, 3.63) is 59.4 Å². The molecule has 162 valence electrons. The average molecular weight is 462 g/mol. The topological polar surface area (TPSA) is 107 Å². The van der Waals surface area contributed by atoms with Crippen LogP contribution in [-0.2, 0) is 25.2 Å². The lowest BCUT2D eigenvalue weighted by Gasteiger charge is -2.36. The highest BCUT2D eigenvalue weighted by atomic mass is 35.5. The molecule has 1 aliphatic heterocycles. The molecule has 1 atom stereocenters. The molecule has 0 saturated carbocycles. The fourth-order valence-electron chi connectivity index (χ4n) is 3.69. The van der Waals surface area contributed by atoms with E-state index in [1.54, 1.807) is 24.3 Å². The fraction of sp³-hybridized carbons (Fsp3) is 0.238. The Morgan fingerprint density at radius 1 is 1.23 bits per heavy atom. The third kappa shape index (κ3) is 3.74. The highest BCUT2D eigenvalue weighted by Crippen LogP contribution is 2.42. The molecule has 10 heteroatoms. The fourth-order valence-corrected chi connectivity index (χ4v) is 4.62. The number of rotatable bonds is 5. The van der Waals surface area contributed by atoms with E-state index in [-0.39, 0.29) is 4.90 Å². The zero-order chi connectivity index (χ0) is 22.2. The number of ether oxygens (including phenoxy) is 2. The number of methoxy groups -OCH3 is 1. The van der Waals surface area contributed by atoms with Crippen LogP contribution in [0.3, 0.4) is 0 Å². The van der Waals surface area contributed by atoms with Gasteiger partial charge in [-0.1, -0.05) is 17.7 Å². The summed E-state index contributed by atoms with van der Waals surface area (Å²) < 4.78 is 37.9. The summed E-state index contributed by atoms with van der Waals surface area (Å²) in [6.45, 7) is 0.301. The molecular weight excluding hydrogens is 442 g/mol. The molecule has 31 heavy (non-hydrogen) atoms. The molecule has 0 spiro atoms. The van der Waals surface area contributed by atoms with E-state index in [2.05, 4.69) is 15.0 Å². The number of amides is 1. The third-order valence-electron chi connectivity index (χ3n) is 5.36. The zero-order valence-electron chi connectivity index (χ0n) is 16.8. The quantitative estimate of drug-likeness (QED) is 0.604. The Balaban J connectivity index is 1.74. The van der Waals surface area contributed by atoms with Crippen molar-refractivity contribution in [1.29, 1.82) is 0 Å². The Morgan fingerprint density at radius 2 is 2.03 bits per heavy atom. The van der Waals surface area contributed by atoms with E-state index in [1.165, 1.54) is 38.7 Å². The number of anilines is 1. The van der Waals surface area contributed by atoms with E-state index in [0.717, 1.165) is 0 Å². The molecule has 0 saturated heterocycles. The van der Waals surface area contributed by atoms with Gasteiger partial charge in [0.1, 0.15) is 5.75 Å². The number of halogens is 1. The Labute approximate surface area is 184 Å². The Bertz CT molecular complexity index is 1280. The van der Waals surface area contributed by atoms with Gasteiger partial charge in [-0.05, 0) is 37.4 Å². The van der Waals surface area contributed by atoms with Crippen LogP contribution in [0.4, 0.5) is 5.69 Å². The summed E-state index contributed by atoms with van der Waals surface area (Å²) >= 11 is 6.16. The van der Waals surface area contributed by atoms with Crippen molar-refractivity contribution < 1.29 is 22.7 Å². The monoisotopic (exact) mass is 461 g/mol. The number of aromatic nitrogens is 1. The molecule has 1 amide bonds. The molecule has 1 unspecified atom stereocenters. The first-order valence-corrected chi connectivity index (χ1v) is 11.3. The first-order valence-electron chi connectivity index (χ1n) is 9.41. The van der Waals surface area contributed by atoms with Gasteiger partial charge in [-0.3, -0.25) is 9.78 Å². The van der Waals surface area contributed by atoms with Crippen molar-refractivity contribution >= 4 is 44.0 Å². The lowest BCUT2D eigenvalue weighted by molar-refractivity contribution is -0.142. The number of carbonyl (C=O) groups is 1. The van der Waals surface area contributed by atoms with Gasteiger partial charge in [0.25, 0.3) is 5.91 Å². The number of nitrogens with one attached hydrogen (secondary N) is 2. The smallest absolute Gasteiger partial charge is 0.261 e. The van der Waals surface area contributed by atoms with Gasteiger partial charge in [0, 0.05) is 41.1 Å². The van der Waals surface area contributed by atoms with Crippen LogP contribution in [0.25, 0.3) is 10.8 Å². The summed E-state index contributed by atoms with van der Waals surface area (Å²) in [5.41, 5.74) is -0.319. The molecule has 4 rings (SSSR count). The summed E-state index contributed by atoms with van der Waals surface area (Å²) in [4.78, 5) is 17.7. The van der Waals surface area contributed by atoms with E-state index in [0.29, 0.717) is 45.8 Å². The Kier molecular flexibility index (Phi) is 5.61. The second-order valence-corrected chi connectivity index (χ2v) is 9.32. The summed E-state index contributed by atoms with van der Waals surface area (Å²) in [6.07, 6.45) is 3.34. The van der Waals surface area contributed by atoms with E-state index in [9.17, 15) is 13.2 Å². The number of benzene rings is 2. The highest BCUT2D eigenvalue weighted by Gasteiger charge is 2.45. The molecule has 1 aliphatic rings. The molecule has 0 radical (unpaired) electrons. The molecule has 1 aromatic heterocycles. The standard InChI is InChI=1S/C21H20ClN3O5S/c1-23-31(27,28)15-4-5-16-13(9-15)11-24-12-18(16)25-20(26)21(29-2)7-8-30-19-6-3-14(22)10-17(19)21/h3-6,9-12,23H,7-8H2,1-2H3,(H,25,26). The Hall–Kier alpha value is -2.72. The van der Waals surface area contributed by atoms with E-state index >= 15 is 0 Å². The normalized spacial score (nSPS) is 18.3. The summed E-state index contributed by atoms with van der Waals surface area (Å²) in [7, 11) is -0.798. The second-order valence-electron chi connectivity index (χ2n) is 7.00. The summed E-state index contributed by atoms with van der Waals surface area (Å²) in [6, 6.07) is 9.66. The number of pyridine rings is 1. The van der Waals surface area contributed by atoms with Gasteiger partial charge in [0.2, 0.25) is 10.0 Å². The predicted octanol–water partition coefficient (Wildman–Crippen LogP) is 3.06. The lowest BCUT2D eigenvalue weighted by Crippen LogP contribution is -2.45. The largest absolute Gasteiger partial charge is 0.493 e. The van der Waals surface area contributed by atoms with Gasteiger partial charge in [-0.2, -0.15) is 0 Å².